The molecule has 0 saturated heterocycles. The fourth-order valence-corrected chi connectivity index (χ4v) is 4.33. The molecule has 5 rings (SSSR count). The van der Waals surface area contributed by atoms with Crippen molar-refractivity contribution < 1.29 is 9.53 Å². The largest absolute Gasteiger partial charge is 0.497 e. The number of anilines is 1. The van der Waals surface area contributed by atoms with Crippen LogP contribution in [0, 0.1) is 0 Å². The Bertz CT molecular complexity index is 1210. The van der Waals surface area contributed by atoms with Gasteiger partial charge in [-0.1, -0.05) is 24.3 Å². The van der Waals surface area contributed by atoms with Gasteiger partial charge in [-0.05, 0) is 66.1 Å². The summed E-state index contributed by atoms with van der Waals surface area (Å²) < 4.78 is 5.24. The number of fused-ring (bicyclic) bond motifs is 1. The molecule has 6 nitrogen and oxygen atoms in total. The maximum absolute atomic E-state index is 12.7. The van der Waals surface area contributed by atoms with Gasteiger partial charge in [0.15, 0.2) is 0 Å². The summed E-state index contributed by atoms with van der Waals surface area (Å²) in [4.78, 5) is 17.0. The van der Waals surface area contributed by atoms with Crippen molar-refractivity contribution >= 4 is 22.6 Å². The third-order valence-corrected chi connectivity index (χ3v) is 6.13. The van der Waals surface area contributed by atoms with Crippen molar-refractivity contribution in [1.29, 1.82) is 0 Å². The number of ether oxygens (including phenoxy) is 1. The first kappa shape index (κ1) is 19.3. The van der Waals surface area contributed by atoms with Crippen LogP contribution in [-0.4, -0.2) is 28.2 Å². The minimum Gasteiger partial charge on any atom is -0.497 e. The van der Waals surface area contributed by atoms with Gasteiger partial charge in [-0.25, -0.2) is 0 Å². The molecule has 2 aromatic heterocycles. The quantitative estimate of drug-likeness (QED) is 0.476. The zero-order valence-corrected chi connectivity index (χ0v) is 17.3. The predicted molar refractivity (Wildman–Crippen MR) is 120 cm³/mol. The smallest absolute Gasteiger partial charge is 0.229 e. The van der Waals surface area contributed by atoms with E-state index in [9.17, 15) is 4.79 Å². The second-order valence-electron chi connectivity index (χ2n) is 8.09. The van der Waals surface area contributed by atoms with Gasteiger partial charge in [0, 0.05) is 17.1 Å². The van der Waals surface area contributed by atoms with E-state index in [1.807, 2.05) is 48.7 Å². The highest BCUT2D eigenvalue weighted by molar-refractivity contribution is 5.93. The highest BCUT2D eigenvalue weighted by atomic mass is 16.5. The van der Waals surface area contributed by atoms with Crippen LogP contribution in [0.4, 0.5) is 5.82 Å². The fourth-order valence-electron chi connectivity index (χ4n) is 4.33. The molecule has 2 aromatic carbocycles. The summed E-state index contributed by atoms with van der Waals surface area (Å²) in [5.74, 6) is 2.46. The molecular weight excluding hydrogens is 388 g/mol. The summed E-state index contributed by atoms with van der Waals surface area (Å²) >= 11 is 0. The van der Waals surface area contributed by atoms with E-state index in [4.69, 9.17) is 4.74 Å². The maximum Gasteiger partial charge on any atom is 0.229 e. The topological polar surface area (TPSA) is 79.9 Å². The van der Waals surface area contributed by atoms with Crippen molar-refractivity contribution in [1.82, 2.24) is 15.2 Å². The molecule has 31 heavy (non-hydrogen) atoms. The number of nitrogens with one attached hydrogen (secondary N) is 2. The van der Waals surface area contributed by atoms with Gasteiger partial charge in [-0.2, -0.15) is 5.10 Å². The molecule has 4 aromatic rings. The Morgan fingerprint density at radius 3 is 2.77 bits per heavy atom. The van der Waals surface area contributed by atoms with Gasteiger partial charge in [0.1, 0.15) is 11.6 Å². The molecule has 1 aliphatic carbocycles. The SMILES string of the molecule is COc1ccc(C2CC(c3cn[nH]c3NC(=O)Cc3ccc4ncccc4c3)C2)cc1. The van der Waals surface area contributed by atoms with Crippen molar-refractivity contribution in [3.8, 4) is 5.75 Å². The Kier molecular flexibility index (Phi) is 5.12. The maximum atomic E-state index is 12.7. The van der Waals surface area contributed by atoms with E-state index in [0.29, 0.717) is 24.1 Å². The molecule has 0 spiro atoms. The molecule has 1 fully saturated rings. The summed E-state index contributed by atoms with van der Waals surface area (Å²) in [6, 6.07) is 18.1. The lowest BCUT2D eigenvalue weighted by molar-refractivity contribution is -0.115. The number of hydrogen-bond donors (Lipinski definition) is 2. The van der Waals surface area contributed by atoms with Crippen LogP contribution in [0.25, 0.3) is 10.9 Å². The number of hydrogen-bond acceptors (Lipinski definition) is 4. The number of nitrogens with zero attached hydrogens (tertiary/aromatic N) is 2. The fraction of sp³-hybridized carbons (Fsp3) is 0.240. The Labute approximate surface area is 180 Å². The summed E-state index contributed by atoms with van der Waals surface area (Å²) in [6.07, 6.45) is 6.02. The number of rotatable bonds is 6. The zero-order valence-electron chi connectivity index (χ0n) is 17.3. The van der Waals surface area contributed by atoms with Gasteiger partial charge >= 0.3 is 0 Å². The minimum atomic E-state index is -0.0558. The molecule has 0 unspecified atom stereocenters. The van der Waals surface area contributed by atoms with Gasteiger partial charge in [0.25, 0.3) is 0 Å². The van der Waals surface area contributed by atoms with E-state index in [2.05, 4.69) is 32.6 Å². The van der Waals surface area contributed by atoms with Crippen LogP contribution < -0.4 is 10.1 Å². The van der Waals surface area contributed by atoms with Crippen molar-refractivity contribution in [3.63, 3.8) is 0 Å². The highest BCUT2D eigenvalue weighted by Crippen LogP contribution is 2.49. The number of carbonyl (C=O) groups is 1. The van der Waals surface area contributed by atoms with Gasteiger partial charge in [-0.15, -0.1) is 0 Å². The van der Waals surface area contributed by atoms with E-state index in [1.165, 1.54) is 5.56 Å². The molecule has 6 heteroatoms. The standard InChI is InChI=1S/C25H24N4O2/c1-31-21-7-5-17(6-8-21)19-13-20(14-19)22-15-27-29-25(22)28-24(30)12-16-4-9-23-18(11-16)3-2-10-26-23/h2-11,15,19-20H,12-14H2,1H3,(H2,27,28,29,30). The van der Waals surface area contributed by atoms with Crippen molar-refractivity contribution in [3.05, 3.63) is 83.7 Å². The minimum absolute atomic E-state index is 0.0558. The number of amides is 1. The second kappa shape index (κ2) is 8.22. The zero-order chi connectivity index (χ0) is 21.2. The average molecular weight is 412 g/mol. The lowest BCUT2D eigenvalue weighted by Crippen LogP contribution is -2.22. The third-order valence-electron chi connectivity index (χ3n) is 6.13. The number of aromatic nitrogens is 3. The van der Waals surface area contributed by atoms with Crippen molar-refractivity contribution in [2.75, 3.05) is 12.4 Å². The molecular formula is C25H24N4O2. The molecule has 0 aliphatic heterocycles. The summed E-state index contributed by atoms with van der Waals surface area (Å²) in [6.45, 7) is 0. The number of H-pyrrole nitrogens is 1. The van der Waals surface area contributed by atoms with Crippen LogP contribution in [0.3, 0.4) is 0 Å². The first-order valence-electron chi connectivity index (χ1n) is 10.5. The van der Waals surface area contributed by atoms with Gasteiger partial charge < -0.3 is 10.1 Å². The van der Waals surface area contributed by atoms with Gasteiger partial charge in [0.05, 0.1) is 25.2 Å². The van der Waals surface area contributed by atoms with Crippen LogP contribution in [0.2, 0.25) is 0 Å². The molecule has 1 saturated carbocycles. The Morgan fingerprint density at radius 2 is 1.97 bits per heavy atom. The van der Waals surface area contributed by atoms with E-state index in [1.54, 1.807) is 13.3 Å². The molecule has 1 amide bonds. The first-order valence-corrected chi connectivity index (χ1v) is 10.5. The molecule has 0 atom stereocenters. The average Bonchev–Trinajstić information content (AvgIpc) is 3.20. The van der Waals surface area contributed by atoms with E-state index < -0.39 is 0 Å². The summed E-state index contributed by atoms with van der Waals surface area (Å²) in [5, 5.41) is 11.2. The molecule has 1 aliphatic rings. The molecule has 2 heterocycles. The van der Waals surface area contributed by atoms with E-state index in [-0.39, 0.29) is 5.91 Å². The third kappa shape index (κ3) is 4.01. The number of methoxy groups -OCH3 is 1. The van der Waals surface area contributed by atoms with Crippen molar-refractivity contribution in [2.45, 2.75) is 31.1 Å². The van der Waals surface area contributed by atoms with Crippen LogP contribution in [0.15, 0.2) is 67.0 Å². The Morgan fingerprint density at radius 1 is 1.13 bits per heavy atom. The van der Waals surface area contributed by atoms with Gasteiger partial charge in [0.2, 0.25) is 5.91 Å². The molecule has 0 bridgehead atoms. The number of aromatic amines is 1. The monoisotopic (exact) mass is 412 g/mol. The van der Waals surface area contributed by atoms with Crippen LogP contribution in [0.5, 0.6) is 5.75 Å². The van der Waals surface area contributed by atoms with Gasteiger partial charge in [-0.3, -0.25) is 14.9 Å². The Balaban J connectivity index is 1.21. The highest BCUT2D eigenvalue weighted by Gasteiger charge is 2.33. The lowest BCUT2D eigenvalue weighted by Gasteiger charge is -2.35. The number of benzene rings is 2. The first-order chi connectivity index (χ1) is 15.2. The normalized spacial score (nSPS) is 17.8. The van der Waals surface area contributed by atoms with Crippen molar-refractivity contribution in [2.24, 2.45) is 0 Å². The Hall–Kier alpha value is -3.67. The lowest BCUT2D eigenvalue weighted by atomic mass is 9.69. The molecule has 0 radical (unpaired) electrons. The molecule has 156 valence electrons. The summed E-state index contributed by atoms with van der Waals surface area (Å²) in [7, 11) is 1.68. The van der Waals surface area contributed by atoms with E-state index in [0.717, 1.165) is 40.6 Å². The van der Waals surface area contributed by atoms with Crippen LogP contribution in [-0.2, 0) is 11.2 Å². The van der Waals surface area contributed by atoms with Crippen LogP contribution in [0.1, 0.15) is 41.4 Å². The predicted octanol–water partition coefficient (Wildman–Crippen LogP) is 4.81. The second-order valence-corrected chi connectivity index (χ2v) is 8.09. The molecule has 2 N–H and O–H groups in total. The number of carbonyl (C=O) groups excluding carboxylic acids is 1. The number of pyridine rings is 1. The van der Waals surface area contributed by atoms with E-state index >= 15 is 0 Å². The summed E-state index contributed by atoms with van der Waals surface area (Å²) in [5.41, 5.74) is 4.30. The van der Waals surface area contributed by atoms with Crippen LogP contribution >= 0.6 is 0 Å².